The number of anilines is 1. The van der Waals surface area contributed by atoms with Gasteiger partial charge in [0.1, 0.15) is 0 Å². The molecule has 0 aromatic heterocycles. The van der Waals surface area contributed by atoms with Crippen LogP contribution in [-0.2, 0) is 10.3 Å². The molecule has 29 heavy (non-hydrogen) atoms. The fourth-order valence-electron chi connectivity index (χ4n) is 4.72. The number of fused-ring (bicyclic) bond motifs is 2. The van der Waals surface area contributed by atoms with Crippen LogP contribution in [0.4, 0.5) is 5.69 Å². The number of carbonyl (C=O) groups excluding carboxylic acids is 1. The van der Waals surface area contributed by atoms with Crippen LogP contribution in [0, 0.1) is 10.1 Å². The van der Waals surface area contributed by atoms with Crippen molar-refractivity contribution in [1.82, 2.24) is 5.32 Å². The maximum absolute atomic E-state index is 13.0. The molecule has 4 atom stereocenters. The first-order valence-electron chi connectivity index (χ1n) is 9.57. The van der Waals surface area contributed by atoms with E-state index < -0.39 is 23.4 Å². The number of hydrogen-bond donors (Lipinski definition) is 2. The van der Waals surface area contributed by atoms with Crippen molar-refractivity contribution in [2.45, 2.75) is 37.4 Å². The van der Waals surface area contributed by atoms with Crippen LogP contribution in [0.3, 0.4) is 0 Å². The van der Waals surface area contributed by atoms with Gasteiger partial charge in [-0.2, -0.15) is 0 Å². The number of para-hydroxylation sites is 1. The topological polar surface area (TPSA) is 103 Å². The van der Waals surface area contributed by atoms with Gasteiger partial charge in [-0.05, 0) is 37.6 Å². The van der Waals surface area contributed by atoms with Gasteiger partial charge in [0.15, 0.2) is 17.0 Å². The Labute approximate surface area is 168 Å². The molecule has 0 bridgehead atoms. The average molecular weight is 397 g/mol. The lowest BCUT2D eigenvalue weighted by molar-refractivity contribution is -0.532. The molecular formula is C21H23N3O5. The Hall–Kier alpha value is -3.13. The van der Waals surface area contributed by atoms with Crippen molar-refractivity contribution < 1.29 is 19.2 Å². The van der Waals surface area contributed by atoms with Gasteiger partial charge < -0.3 is 14.8 Å². The SMILES string of the molecule is CCOc1ccc([C@@H]2[C@H](C)N[C@@]3(C(=O)Nc4ccccc43)[C@H]2[N+](=O)[O-])cc1OC. The number of carbonyl (C=O) groups is 1. The largest absolute Gasteiger partial charge is 0.493 e. The number of amides is 1. The quantitative estimate of drug-likeness (QED) is 0.594. The summed E-state index contributed by atoms with van der Waals surface area (Å²) < 4.78 is 11.0. The molecule has 2 aromatic rings. The van der Waals surface area contributed by atoms with Crippen molar-refractivity contribution in [1.29, 1.82) is 0 Å². The highest BCUT2D eigenvalue weighted by atomic mass is 16.6. The molecule has 152 valence electrons. The zero-order valence-corrected chi connectivity index (χ0v) is 16.5. The monoisotopic (exact) mass is 397 g/mol. The van der Waals surface area contributed by atoms with E-state index in [9.17, 15) is 14.9 Å². The molecule has 2 N–H and O–H groups in total. The Balaban J connectivity index is 1.84. The fourth-order valence-corrected chi connectivity index (χ4v) is 4.72. The fraction of sp³-hybridized carbons (Fsp3) is 0.381. The van der Waals surface area contributed by atoms with Crippen LogP contribution in [-0.4, -0.2) is 36.6 Å². The van der Waals surface area contributed by atoms with Crippen molar-refractivity contribution in [3.05, 3.63) is 63.7 Å². The molecule has 1 spiro atoms. The van der Waals surface area contributed by atoms with E-state index in [4.69, 9.17) is 9.47 Å². The second-order valence-electron chi connectivity index (χ2n) is 7.34. The van der Waals surface area contributed by atoms with Crippen molar-refractivity contribution in [3.63, 3.8) is 0 Å². The molecule has 4 rings (SSSR count). The van der Waals surface area contributed by atoms with Crippen LogP contribution in [0.1, 0.15) is 30.9 Å². The van der Waals surface area contributed by atoms with Crippen molar-refractivity contribution in [2.24, 2.45) is 0 Å². The third-order valence-electron chi connectivity index (χ3n) is 5.84. The molecule has 8 heteroatoms. The molecule has 0 unspecified atom stereocenters. The van der Waals surface area contributed by atoms with Gasteiger partial charge in [-0.15, -0.1) is 0 Å². The summed E-state index contributed by atoms with van der Waals surface area (Å²) in [4.78, 5) is 25.0. The maximum Gasteiger partial charge on any atom is 0.256 e. The lowest BCUT2D eigenvalue weighted by Gasteiger charge is -2.25. The summed E-state index contributed by atoms with van der Waals surface area (Å²) in [6.45, 7) is 4.22. The van der Waals surface area contributed by atoms with Gasteiger partial charge in [0, 0.05) is 22.2 Å². The molecule has 2 aromatic carbocycles. The van der Waals surface area contributed by atoms with E-state index in [-0.39, 0.29) is 11.0 Å². The van der Waals surface area contributed by atoms with Gasteiger partial charge in [0.2, 0.25) is 0 Å². The Morgan fingerprint density at radius 3 is 2.66 bits per heavy atom. The number of hydrogen-bond acceptors (Lipinski definition) is 6. The number of nitrogens with one attached hydrogen (secondary N) is 2. The van der Waals surface area contributed by atoms with Crippen LogP contribution in [0.2, 0.25) is 0 Å². The summed E-state index contributed by atoms with van der Waals surface area (Å²) in [5, 5.41) is 18.4. The van der Waals surface area contributed by atoms with Crippen molar-refractivity contribution in [2.75, 3.05) is 19.0 Å². The van der Waals surface area contributed by atoms with Gasteiger partial charge in [-0.3, -0.25) is 20.2 Å². The van der Waals surface area contributed by atoms with Crippen LogP contribution < -0.4 is 20.1 Å². The molecule has 1 amide bonds. The predicted molar refractivity (Wildman–Crippen MR) is 107 cm³/mol. The number of nitrogens with zero attached hydrogens (tertiary/aromatic N) is 1. The van der Waals surface area contributed by atoms with Gasteiger partial charge in [-0.1, -0.05) is 24.3 Å². The summed E-state index contributed by atoms with van der Waals surface area (Å²) in [5.74, 6) is 0.156. The van der Waals surface area contributed by atoms with E-state index in [0.29, 0.717) is 29.4 Å². The molecule has 1 saturated heterocycles. The second kappa shape index (κ2) is 7.04. The smallest absolute Gasteiger partial charge is 0.256 e. The molecule has 2 aliphatic heterocycles. The minimum absolute atomic E-state index is 0.315. The summed E-state index contributed by atoms with van der Waals surface area (Å²) in [5.41, 5.74) is 0.518. The van der Waals surface area contributed by atoms with Gasteiger partial charge in [0.25, 0.3) is 11.9 Å². The summed E-state index contributed by atoms with van der Waals surface area (Å²) in [7, 11) is 1.53. The molecule has 0 saturated carbocycles. The normalized spacial score (nSPS) is 27.6. The van der Waals surface area contributed by atoms with Gasteiger partial charge >= 0.3 is 0 Å². The summed E-state index contributed by atoms with van der Waals surface area (Å²) >= 11 is 0. The maximum atomic E-state index is 13.0. The van der Waals surface area contributed by atoms with E-state index in [1.807, 2.05) is 19.9 Å². The summed E-state index contributed by atoms with van der Waals surface area (Å²) in [6, 6.07) is 11.0. The van der Waals surface area contributed by atoms with Crippen molar-refractivity contribution in [3.8, 4) is 11.5 Å². The Kier molecular flexibility index (Phi) is 4.66. The van der Waals surface area contributed by atoms with Crippen LogP contribution in [0.25, 0.3) is 0 Å². The third-order valence-corrected chi connectivity index (χ3v) is 5.84. The standard InChI is InChI=1S/C21H23N3O5/c1-4-29-16-10-9-13(11-17(16)28-3)18-12(2)23-21(19(18)24(26)27)14-7-5-6-8-15(14)22-20(21)25/h5-12,18-19,23H,4H2,1-3H3,(H,22,25)/t12-,18-,19-,21+/m0/s1. The number of rotatable bonds is 5. The minimum Gasteiger partial charge on any atom is -0.493 e. The third kappa shape index (κ3) is 2.74. The van der Waals surface area contributed by atoms with Crippen LogP contribution in [0.5, 0.6) is 11.5 Å². The molecule has 2 aliphatic rings. The van der Waals surface area contributed by atoms with E-state index in [1.165, 1.54) is 7.11 Å². The Morgan fingerprint density at radius 1 is 1.21 bits per heavy atom. The first-order chi connectivity index (χ1) is 13.9. The number of methoxy groups -OCH3 is 1. The lowest BCUT2D eigenvalue weighted by atomic mass is 9.78. The zero-order chi connectivity index (χ0) is 20.8. The molecule has 1 fully saturated rings. The highest BCUT2D eigenvalue weighted by molar-refractivity contribution is 6.07. The van der Waals surface area contributed by atoms with E-state index >= 15 is 0 Å². The van der Waals surface area contributed by atoms with E-state index in [2.05, 4.69) is 10.6 Å². The Morgan fingerprint density at radius 2 is 1.97 bits per heavy atom. The number of nitro groups is 1. The first kappa shape index (κ1) is 19.2. The lowest BCUT2D eigenvalue weighted by Crippen LogP contribution is -2.54. The van der Waals surface area contributed by atoms with Gasteiger partial charge in [0.05, 0.1) is 19.6 Å². The minimum atomic E-state index is -1.42. The second-order valence-corrected chi connectivity index (χ2v) is 7.34. The number of ether oxygens (including phenoxy) is 2. The zero-order valence-electron chi connectivity index (χ0n) is 16.5. The predicted octanol–water partition coefficient (Wildman–Crippen LogP) is 2.66. The van der Waals surface area contributed by atoms with Crippen molar-refractivity contribution >= 4 is 11.6 Å². The first-order valence-corrected chi connectivity index (χ1v) is 9.57. The average Bonchev–Trinajstić information content (AvgIpc) is 3.17. The van der Waals surface area contributed by atoms with E-state index in [0.717, 1.165) is 5.56 Å². The highest BCUT2D eigenvalue weighted by Crippen LogP contribution is 2.50. The molecule has 2 heterocycles. The van der Waals surface area contributed by atoms with Crippen LogP contribution >= 0.6 is 0 Å². The van der Waals surface area contributed by atoms with Crippen LogP contribution in [0.15, 0.2) is 42.5 Å². The number of benzene rings is 2. The molecule has 0 aliphatic carbocycles. The Bertz CT molecular complexity index is 979. The van der Waals surface area contributed by atoms with Gasteiger partial charge in [-0.25, -0.2) is 0 Å². The highest BCUT2D eigenvalue weighted by Gasteiger charge is 2.67. The molecule has 8 nitrogen and oxygen atoms in total. The van der Waals surface area contributed by atoms with E-state index in [1.54, 1.807) is 36.4 Å². The molecule has 0 radical (unpaired) electrons. The molecular weight excluding hydrogens is 374 g/mol. The summed E-state index contributed by atoms with van der Waals surface area (Å²) in [6.07, 6.45) is 0.